The molecular formula is C13H23N3. The quantitative estimate of drug-likeness (QED) is 0.794. The van der Waals surface area contributed by atoms with Crippen molar-refractivity contribution in [1.29, 1.82) is 0 Å². The molecule has 1 aliphatic carbocycles. The maximum atomic E-state index is 4.38. The van der Waals surface area contributed by atoms with Crippen molar-refractivity contribution in [3.05, 3.63) is 12.4 Å². The molecule has 1 N–H and O–H groups in total. The van der Waals surface area contributed by atoms with Crippen molar-refractivity contribution in [2.24, 2.45) is 5.92 Å². The fourth-order valence-electron chi connectivity index (χ4n) is 2.52. The van der Waals surface area contributed by atoms with Gasteiger partial charge in [0, 0.05) is 25.0 Å². The maximum absolute atomic E-state index is 4.38. The summed E-state index contributed by atoms with van der Waals surface area (Å²) in [4.78, 5) is 4.38. The van der Waals surface area contributed by atoms with Crippen LogP contribution in [-0.4, -0.2) is 15.6 Å². The summed E-state index contributed by atoms with van der Waals surface area (Å²) in [7, 11) is 0. The number of nitrogens with one attached hydrogen (secondary N) is 1. The van der Waals surface area contributed by atoms with Crippen LogP contribution >= 0.6 is 0 Å². The normalized spacial score (nSPS) is 26.4. The summed E-state index contributed by atoms with van der Waals surface area (Å²) < 4.78 is 2.17. The SMILES string of the molecule is CCn1ccnc1NC1CCCC(C)CC1. The Morgan fingerprint density at radius 3 is 3.06 bits per heavy atom. The fourth-order valence-corrected chi connectivity index (χ4v) is 2.52. The Bertz CT molecular complexity index is 319. The minimum Gasteiger partial charge on any atom is -0.353 e. The highest BCUT2D eigenvalue weighted by molar-refractivity contribution is 5.27. The zero-order chi connectivity index (χ0) is 11.4. The predicted molar refractivity (Wildman–Crippen MR) is 67.6 cm³/mol. The molecule has 0 saturated heterocycles. The zero-order valence-electron chi connectivity index (χ0n) is 10.4. The first kappa shape index (κ1) is 11.5. The van der Waals surface area contributed by atoms with E-state index in [0.29, 0.717) is 6.04 Å². The van der Waals surface area contributed by atoms with Gasteiger partial charge in [-0.05, 0) is 32.1 Å². The van der Waals surface area contributed by atoms with E-state index in [0.717, 1.165) is 18.4 Å². The van der Waals surface area contributed by atoms with E-state index in [1.54, 1.807) is 0 Å². The van der Waals surface area contributed by atoms with E-state index < -0.39 is 0 Å². The van der Waals surface area contributed by atoms with Gasteiger partial charge in [-0.15, -0.1) is 0 Å². The van der Waals surface area contributed by atoms with Crippen LogP contribution in [0.5, 0.6) is 0 Å². The molecule has 0 aliphatic heterocycles. The van der Waals surface area contributed by atoms with Crippen LogP contribution in [0.15, 0.2) is 12.4 Å². The maximum Gasteiger partial charge on any atom is 0.202 e. The largest absolute Gasteiger partial charge is 0.353 e. The van der Waals surface area contributed by atoms with E-state index in [1.807, 2.05) is 12.4 Å². The highest BCUT2D eigenvalue weighted by atomic mass is 15.2. The molecule has 2 unspecified atom stereocenters. The van der Waals surface area contributed by atoms with Crippen molar-refractivity contribution < 1.29 is 0 Å². The van der Waals surface area contributed by atoms with Crippen molar-refractivity contribution in [3.63, 3.8) is 0 Å². The van der Waals surface area contributed by atoms with Crippen LogP contribution in [0.2, 0.25) is 0 Å². The Hall–Kier alpha value is -0.990. The van der Waals surface area contributed by atoms with Gasteiger partial charge >= 0.3 is 0 Å². The Morgan fingerprint density at radius 2 is 2.25 bits per heavy atom. The van der Waals surface area contributed by atoms with Gasteiger partial charge in [0.2, 0.25) is 5.95 Å². The lowest BCUT2D eigenvalue weighted by atomic mass is 10.0. The first-order chi connectivity index (χ1) is 7.79. The Labute approximate surface area is 98.3 Å². The molecule has 1 aliphatic rings. The third-order valence-electron chi connectivity index (χ3n) is 3.65. The van der Waals surface area contributed by atoms with Gasteiger partial charge in [0.25, 0.3) is 0 Å². The minimum atomic E-state index is 0.623. The number of aryl methyl sites for hydroxylation is 1. The topological polar surface area (TPSA) is 29.9 Å². The van der Waals surface area contributed by atoms with Gasteiger partial charge in [-0.2, -0.15) is 0 Å². The second-order valence-electron chi connectivity index (χ2n) is 4.99. The van der Waals surface area contributed by atoms with E-state index in [-0.39, 0.29) is 0 Å². The summed E-state index contributed by atoms with van der Waals surface area (Å²) >= 11 is 0. The van der Waals surface area contributed by atoms with E-state index in [9.17, 15) is 0 Å². The molecule has 1 aromatic heterocycles. The number of aromatic nitrogens is 2. The molecule has 0 amide bonds. The van der Waals surface area contributed by atoms with Crippen LogP contribution in [-0.2, 0) is 6.54 Å². The van der Waals surface area contributed by atoms with Crippen LogP contribution in [0, 0.1) is 5.92 Å². The molecule has 1 aromatic rings. The van der Waals surface area contributed by atoms with Gasteiger partial charge in [0.15, 0.2) is 0 Å². The average molecular weight is 221 g/mol. The second-order valence-corrected chi connectivity index (χ2v) is 4.99. The fraction of sp³-hybridized carbons (Fsp3) is 0.769. The number of nitrogens with zero attached hydrogens (tertiary/aromatic N) is 2. The highest BCUT2D eigenvalue weighted by Gasteiger charge is 2.17. The van der Waals surface area contributed by atoms with Gasteiger partial charge in [0.05, 0.1) is 0 Å². The monoisotopic (exact) mass is 221 g/mol. The molecule has 3 heteroatoms. The van der Waals surface area contributed by atoms with Crippen LogP contribution in [0.4, 0.5) is 5.95 Å². The summed E-state index contributed by atoms with van der Waals surface area (Å²) in [6, 6.07) is 0.623. The molecular weight excluding hydrogens is 198 g/mol. The molecule has 3 nitrogen and oxygen atoms in total. The Balaban J connectivity index is 1.93. The molecule has 1 fully saturated rings. The van der Waals surface area contributed by atoms with Gasteiger partial charge in [0.1, 0.15) is 0 Å². The highest BCUT2D eigenvalue weighted by Crippen LogP contribution is 2.24. The molecule has 1 saturated carbocycles. The lowest BCUT2D eigenvalue weighted by Crippen LogP contribution is -2.21. The summed E-state index contributed by atoms with van der Waals surface area (Å²) in [6.07, 6.45) is 10.6. The molecule has 0 spiro atoms. The second kappa shape index (κ2) is 5.37. The first-order valence-corrected chi connectivity index (χ1v) is 6.57. The first-order valence-electron chi connectivity index (χ1n) is 6.57. The van der Waals surface area contributed by atoms with Gasteiger partial charge < -0.3 is 9.88 Å². The molecule has 2 atom stereocenters. The van der Waals surface area contributed by atoms with E-state index in [1.165, 1.54) is 32.1 Å². The lowest BCUT2D eigenvalue weighted by molar-refractivity contribution is 0.501. The summed E-state index contributed by atoms with van der Waals surface area (Å²) in [5, 5.41) is 3.59. The molecule has 90 valence electrons. The van der Waals surface area contributed by atoms with Crippen molar-refractivity contribution in [1.82, 2.24) is 9.55 Å². The molecule has 2 rings (SSSR count). The van der Waals surface area contributed by atoms with Gasteiger partial charge in [-0.3, -0.25) is 0 Å². The van der Waals surface area contributed by atoms with Gasteiger partial charge in [-0.1, -0.05) is 19.8 Å². The number of hydrogen-bond acceptors (Lipinski definition) is 2. The number of hydrogen-bond donors (Lipinski definition) is 1. The zero-order valence-corrected chi connectivity index (χ0v) is 10.4. The smallest absolute Gasteiger partial charge is 0.202 e. The number of anilines is 1. The van der Waals surface area contributed by atoms with Crippen molar-refractivity contribution in [2.75, 3.05) is 5.32 Å². The Morgan fingerprint density at radius 1 is 1.38 bits per heavy atom. The van der Waals surface area contributed by atoms with E-state index in [2.05, 4.69) is 28.7 Å². The molecule has 0 bridgehead atoms. The van der Waals surface area contributed by atoms with Gasteiger partial charge in [-0.25, -0.2) is 4.98 Å². The predicted octanol–water partition coefficient (Wildman–Crippen LogP) is 3.28. The summed E-state index contributed by atoms with van der Waals surface area (Å²) in [5.74, 6) is 1.94. The lowest BCUT2D eigenvalue weighted by Gasteiger charge is -2.17. The van der Waals surface area contributed by atoms with E-state index >= 15 is 0 Å². The van der Waals surface area contributed by atoms with Crippen molar-refractivity contribution >= 4 is 5.95 Å². The molecule has 16 heavy (non-hydrogen) atoms. The molecule has 1 heterocycles. The minimum absolute atomic E-state index is 0.623. The Kier molecular flexibility index (Phi) is 3.86. The number of rotatable bonds is 3. The van der Waals surface area contributed by atoms with E-state index in [4.69, 9.17) is 0 Å². The van der Waals surface area contributed by atoms with Crippen LogP contribution in [0.25, 0.3) is 0 Å². The van der Waals surface area contributed by atoms with Crippen molar-refractivity contribution in [2.45, 2.75) is 58.5 Å². The molecule has 0 radical (unpaired) electrons. The van der Waals surface area contributed by atoms with Crippen molar-refractivity contribution in [3.8, 4) is 0 Å². The van der Waals surface area contributed by atoms with Crippen LogP contribution < -0.4 is 5.32 Å². The van der Waals surface area contributed by atoms with Crippen LogP contribution in [0.3, 0.4) is 0 Å². The molecule has 0 aromatic carbocycles. The third kappa shape index (κ3) is 2.77. The summed E-state index contributed by atoms with van der Waals surface area (Å²) in [6.45, 7) is 5.52. The number of imidazole rings is 1. The van der Waals surface area contributed by atoms with Crippen LogP contribution in [0.1, 0.15) is 46.0 Å². The standard InChI is InChI=1S/C13H23N3/c1-3-16-10-9-14-13(16)15-12-6-4-5-11(2)7-8-12/h9-12H,3-8H2,1-2H3,(H,14,15). The third-order valence-corrected chi connectivity index (χ3v) is 3.65. The summed E-state index contributed by atoms with van der Waals surface area (Å²) in [5.41, 5.74) is 0. The average Bonchev–Trinajstić information content (AvgIpc) is 2.63.